The van der Waals surface area contributed by atoms with E-state index in [0.29, 0.717) is 6.04 Å². The van der Waals surface area contributed by atoms with Crippen molar-refractivity contribution in [2.24, 2.45) is 0 Å². The lowest BCUT2D eigenvalue weighted by atomic mass is 10.1. The van der Waals surface area contributed by atoms with Crippen molar-refractivity contribution in [2.45, 2.75) is 19.9 Å². The molecule has 2 aromatic rings. The maximum absolute atomic E-state index is 4.14. The van der Waals surface area contributed by atoms with Gasteiger partial charge in [0.25, 0.3) is 0 Å². The largest absolute Gasteiger partial charge is 0.305 e. The molecule has 1 aromatic heterocycles. The molecule has 0 aliphatic heterocycles. The highest BCUT2D eigenvalue weighted by atomic mass is 32.1. The van der Waals surface area contributed by atoms with Crippen LogP contribution in [0.1, 0.15) is 28.3 Å². The quantitative estimate of drug-likeness (QED) is 0.836. The first kappa shape index (κ1) is 13.1. The molecule has 2 rings (SSSR count). The minimum atomic E-state index is 0.379. The van der Waals surface area contributed by atoms with E-state index in [1.165, 1.54) is 15.3 Å². The van der Waals surface area contributed by atoms with Crippen LogP contribution in [-0.4, -0.2) is 6.54 Å². The van der Waals surface area contributed by atoms with Gasteiger partial charge in [-0.05, 0) is 37.1 Å². The molecule has 0 bridgehead atoms. The van der Waals surface area contributed by atoms with Crippen LogP contribution < -0.4 is 5.32 Å². The van der Waals surface area contributed by atoms with Crippen LogP contribution in [0.15, 0.2) is 49.0 Å². The highest BCUT2D eigenvalue weighted by molar-refractivity contribution is 7.12. The van der Waals surface area contributed by atoms with E-state index in [-0.39, 0.29) is 0 Å². The fourth-order valence-corrected chi connectivity index (χ4v) is 2.74. The average Bonchev–Trinajstić information content (AvgIpc) is 2.83. The van der Waals surface area contributed by atoms with Gasteiger partial charge < -0.3 is 5.32 Å². The Hall–Kier alpha value is -1.38. The number of rotatable bonds is 5. The standard InChI is InChI=1S/C16H19NS/c1-12(15-7-5-4-6-8-15)11-17-14(3)16-10-9-13(2)18-16/h4-10,14,17H,1,11H2,2-3H3. The zero-order chi connectivity index (χ0) is 13.0. The number of thiophene rings is 1. The van der Waals surface area contributed by atoms with Crippen LogP contribution in [-0.2, 0) is 0 Å². The van der Waals surface area contributed by atoms with Gasteiger partial charge in [-0.3, -0.25) is 0 Å². The van der Waals surface area contributed by atoms with Gasteiger partial charge in [0, 0.05) is 22.3 Å². The lowest BCUT2D eigenvalue weighted by Gasteiger charge is -2.13. The second kappa shape index (κ2) is 5.98. The van der Waals surface area contributed by atoms with Gasteiger partial charge in [0.1, 0.15) is 0 Å². The maximum Gasteiger partial charge on any atom is 0.0388 e. The van der Waals surface area contributed by atoms with Crippen LogP contribution in [0, 0.1) is 6.92 Å². The molecule has 1 N–H and O–H groups in total. The van der Waals surface area contributed by atoms with Gasteiger partial charge in [0.05, 0.1) is 0 Å². The Kier molecular flexibility index (Phi) is 4.34. The summed E-state index contributed by atoms with van der Waals surface area (Å²) in [7, 11) is 0. The van der Waals surface area contributed by atoms with E-state index in [9.17, 15) is 0 Å². The van der Waals surface area contributed by atoms with E-state index in [1.54, 1.807) is 0 Å². The summed E-state index contributed by atoms with van der Waals surface area (Å²) in [5, 5.41) is 3.52. The first-order valence-corrected chi connectivity index (χ1v) is 7.01. The van der Waals surface area contributed by atoms with Gasteiger partial charge in [-0.1, -0.05) is 36.9 Å². The maximum atomic E-state index is 4.14. The summed E-state index contributed by atoms with van der Waals surface area (Å²) in [5.41, 5.74) is 2.34. The highest BCUT2D eigenvalue weighted by Crippen LogP contribution is 2.22. The Labute approximate surface area is 113 Å². The molecule has 1 nitrogen and oxygen atoms in total. The number of hydrogen-bond donors (Lipinski definition) is 1. The molecule has 1 aromatic carbocycles. The van der Waals surface area contributed by atoms with E-state index in [2.05, 4.69) is 50.0 Å². The molecule has 1 heterocycles. The molecular formula is C16H19NS. The summed E-state index contributed by atoms with van der Waals surface area (Å²) < 4.78 is 0. The fraction of sp³-hybridized carbons (Fsp3) is 0.250. The molecule has 18 heavy (non-hydrogen) atoms. The Balaban J connectivity index is 1.90. The van der Waals surface area contributed by atoms with Crippen LogP contribution in [0.25, 0.3) is 5.57 Å². The lowest BCUT2D eigenvalue weighted by Crippen LogP contribution is -2.19. The van der Waals surface area contributed by atoms with Crippen LogP contribution in [0.5, 0.6) is 0 Å². The molecule has 0 aliphatic carbocycles. The number of nitrogens with one attached hydrogen (secondary N) is 1. The van der Waals surface area contributed by atoms with Crippen LogP contribution >= 0.6 is 11.3 Å². The van der Waals surface area contributed by atoms with E-state index in [4.69, 9.17) is 0 Å². The smallest absolute Gasteiger partial charge is 0.0388 e. The van der Waals surface area contributed by atoms with Crippen molar-refractivity contribution in [1.82, 2.24) is 5.32 Å². The van der Waals surface area contributed by atoms with Gasteiger partial charge in [-0.15, -0.1) is 11.3 Å². The van der Waals surface area contributed by atoms with Crippen molar-refractivity contribution >= 4 is 16.9 Å². The Morgan fingerprint density at radius 3 is 2.56 bits per heavy atom. The second-order valence-electron chi connectivity index (χ2n) is 4.52. The monoisotopic (exact) mass is 257 g/mol. The van der Waals surface area contributed by atoms with Gasteiger partial charge in [-0.25, -0.2) is 0 Å². The molecular weight excluding hydrogens is 238 g/mol. The summed E-state index contributed by atoms with van der Waals surface area (Å²) in [4.78, 5) is 2.74. The molecule has 94 valence electrons. The lowest BCUT2D eigenvalue weighted by molar-refractivity contribution is 0.633. The summed E-state index contributed by atoms with van der Waals surface area (Å²) >= 11 is 1.85. The van der Waals surface area contributed by atoms with Crippen LogP contribution in [0.2, 0.25) is 0 Å². The van der Waals surface area contributed by atoms with E-state index >= 15 is 0 Å². The Morgan fingerprint density at radius 2 is 1.94 bits per heavy atom. The predicted molar refractivity (Wildman–Crippen MR) is 80.9 cm³/mol. The van der Waals surface area contributed by atoms with Crippen LogP contribution in [0.4, 0.5) is 0 Å². The van der Waals surface area contributed by atoms with Crippen molar-refractivity contribution in [3.05, 3.63) is 64.4 Å². The van der Waals surface area contributed by atoms with Crippen LogP contribution in [0.3, 0.4) is 0 Å². The average molecular weight is 257 g/mol. The molecule has 0 saturated heterocycles. The SMILES string of the molecule is C=C(CNC(C)c1ccc(C)s1)c1ccccc1. The van der Waals surface area contributed by atoms with Crippen molar-refractivity contribution in [2.75, 3.05) is 6.54 Å². The predicted octanol–water partition coefficient (Wildman–Crippen LogP) is 4.42. The molecule has 2 heteroatoms. The third kappa shape index (κ3) is 3.31. The first-order chi connectivity index (χ1) is 8.66. The topological polar surface area (TPSA) is 12.0 Å². The van der Waals surface area contributed by atoms with Gasteiger partial charge >= 0.3 is 0 Å². The van der Waals surface area contributed by atoms with E-state index in [1.807, 2.05) is 29.5 Å². The Morgan fingerprint density at radius 1 is 1.22 bits per heavy atom. The molecule has 1 atom stereocenters. The van der Waals surface area contributed by atoms with E-state index in [0.717, 1.165) is 12.1 Å². The normalized spacial score (nSPS) is 12.3. The van der Waals surface area contributed by atoms with Crippen molar-refractivity contribution < 1.29 is 0 Å². The summed E-state index contributed by atoms with van der Waals surface area (Å²) in [6, 6.07) is 15.1. The molecule has 0 fully saturated rings. The number of benzene rings is 1. The third-order valence-electron chi connectivity index (χ3n) is 2.99. The third-order valence-corrected chi connectivity index (χ3v) is 4.17. The molecule has 0 saturated carbocycles. The Bertz CT molecular complexity index is 513. The second-order valence-corrected chi connectivity index (χ2v) is 5.84. The van der Waals surface area contributed by atoms with Gasteiger partial charge in [-0.2, -0.15) is 0 Å². The van der Waals surface area contributed by atoms with E-state index < -0.39 is 0 Å². The number of aryl methyl sites for hydroxylation is 1. The summed E-state index contributed by atoms with van der Waals surface area (Å²) in [6.45, 7) is 9.30. The summed E-state index contributed by atoms with van der Waals surface area (Å²) in [5.74, 6) is 0. The molecule has 0 amide bonds. The number of hydrogen-bond acceptors (Lipinski definition) is 2. The summed E-state index contributed by atoms with van der Waals surface area (Å²) in [6.07, 6.45) is 0. The minimum Gasteiger partial charge on any atom is -0.305 e. The molecule has 0 spiro atoms. The fourth-order valence-electron chi connectivity index (χ4n) is 1.84. The highest BCUT2D eigenvalue weighted by Gasteiger charge is 2.07. The molecule has 0 aliphatic rings. The van der Waals surface area contributed by atoms with Crippen molar-refractivity contribution in [3.63, 3.8) is 0 Å². The zero-order valence-corrected chi connectivity index (χ0v) is 11.8. The van der Waals surface area contributed by atoms with Gasteiger partial charge in [0.15, 0.2) is 0 Å². The first-order valence-electron chi connectivity index (χ1n) is 6.19. The van der Waals surface area contributed by atoms with Crippen molar-refractivity contribution in [3.8, 4) is 0 Å². The van der Waals surface area contributed by atoms with Crippen molar-refractivity contribution in [1.29, 1.82) is 0 Å². The molecule has 1 unspecified atom stereocenters. The van der Waals surface area contributed by atoms with Gasteiger partial charge in [0.2, 0.25) is 0 Å². The minimum absolute atomic E-state index is 0.379. The molecule has 0 radical (unpaired) electrons. The zero-order valence-electron chi connectivity index (χ0n) is 10.9.